The number of carbonyl (C=O) groups is 1. The predicted molar refractivity (Wildman–Crippen MR) is 65.1 cm³/mol. The predicted octanol–water partition coefficient (Wildman–Crippen LogP) is 2.20. The zero-order valence-corrected chi connectivity index (χ0v) is 10.9. The average molecular weight is 246 g/mol. The normalized spacial score (nSPS) is 21.8. The van der Waals surface area contributed by atoms with Crippen LogP contribution in [0.25, 0.3) is 0 Å². The molecular weight excluding hydrogens is 223 g/mol. The summed E-state index contributed by atoms with van der Waals surface area (Å²) in [5.41, 5.74) is -0.382. The maximum absolute atomic E-state index is 12.1. The summed E-state index contributed by atoms with van der Waals surface area (Å²) in [6.07, 6.45) is 0.514. The fourth-order valence-corrected chi connectivity index (χ4v) is 2.50. The maximum atomic E-state index is 12.1. The third kappa shape index (κ3) is 3.84. The molecule has 17 heavy (non-hydrogen) atoms. The van der Waals surface area contributed by atoms with E-state index in [2.05, 4.69) is 4.90 Å². The minimum Gasteiger partial charge on any atom is -0.465 e. The lowest BCUT2D eigenvalue weighted by Crippen LogP contribution is -2.52. The van der Waals surface area contributed by atoms with Crippen LogP contribution in [0.4, 0.5) is 9.18 Å². The Bertz CT molecular complexity index is 266. The van der Waals surface area contributed by atoms with E-state index in [9.17, 15) is 14.3 Å². The lowest BCUT2D eigenvalue weighted by atomic mass is 10.0. The van der Waals surface area contributed by atoms with E-state index in [1.807, 2.05) is 20.8 Å². The SMILES string of the molecule is CC(C)(C)N(C(=O)O)C1CCN(CCCF)C1. The number of nitrogens with zero attached hydrogens (tertiary/aromatic N) is 2. The molecule has 1 atom stereocenters. The molecule has 1 heterocycles. The highest BCUT2D eigenvalue weighted by Crippen LogP contribution is 2.24. The molecule has 0 radical (unpaired) electrons. The highest BCUT2D eigenvalue weighted by molar-refractivity contribution is 5.66. The summed E-state index contributed by atoms with van der Waals surface area (Å²) in [7, 11) is 0. The maximum Gasteiger partial charge on any atom is 0.408 e. The van der Waals surface area contributed by atoms with Crippen molar-refractivity contribution in [1.29, 1.82) is 0 Å². The lowest BCUT2D eigenvalue weighted by molar-refractivity contribution is 0.0720. The van der Waals surface area contributed by atoms with Crippen LogP contribution in [0.2, 0.25) is 0 Å². The number of alkyl halides is 1. The van der Waals surface area contributed by atoms with Gasteiger partial charge in [0.05, 0.1) is 6.67 Å². The molecule has 1 rings (SSSR count). The zero-order valence-electron chi connectivity index (χ0n) is 10.9. The topological polar surface area (TPSA) is 43.8 Å². The summed E-state index contributed by atoms with van der Waals surface area (Å²) in [5.74, 6) is 0. The number of halogens is 1. The van der Waals surface area contributed by atoms with Gasteiger partial charge in [-0.25, -0.2) is 4.79 Å². The van der Waals surface area contributed by atoms with E-state index in [0.717, 1.165) is 26.1 Å². The van der Waals surface area contributed by atoms with E-state index in [1.165, 1.54) is 4.90 Å². The molecule has 4 nitrogen and oxygen atoms in total. The van der Waals surface area contributed by atoms with Crippen LogP contribution in [0.3, 0.4) is 0 Å². The van der Waals surface area contributed by atoms with Crippen molar-refractivity contribution in [2.45, 2.75) is 45.2 Å². The standard InChI is InChI=1S/C12H23FN2O2/c1-12(2,3)15(11(16)17)10-5-8-14(9-10)7-4-6-13/h10H,4-9H2,1-3H3,(H,16,17). The first-order valence-corrected chi connectivity index (χ1v) is 6.17. The average Bonchev–Trinajstić information content (AvgIpc) is 2.60. The number of amides is 1. The van der Waals surface area contributed by atoms with E-state index in [1.54, 1.807) is 0 Å². The van der Waals surface area contributed by atoms with Crippen molar-refractivity contribution in [3.8, 4) is 0 Å². The van der Waals surface area contributed by atoms with E-state index in [4.69, 9.17) is 0 Å². The number of hydrogen-bond donors (Lipinski definition) is 1. The molecule has 1 amide bonds. The molecule has 0 bridgehead atoms. The van der Waals surface area contributed by atoms with Crippen molar-refractivity contribution in [2.75, 3.05) is 26.3 Å². The van der Waals surface area contributed by atoms with Crippen LogP contribution in [0.1, 0.15) is 33.6 Å². The van der Waals surface area contributed by atoms with Crippen LogP contribution >= 0.6 is 0 Å². The van der Waals surface area contributed by atoms with Gasteiger partial charge in [0.2, 0.25) is 0 Å². The van der Waals surface area contributed by atoms with Gasteiger partial charge in [-0.15, -0.1) is 0 Å². The van der Waals surface area contributed by atoms with Gasteiger partial charge in [-0.05, 0) is 33.6 Å². The molecule has 1 unspecified atom stereocenters. The molecule has 0 aliphatic carbocycles. The fourth-order valence-electron chi connectivity index (χ4n) is 2.50. The van der Waals surface area contributed by atoms with Crippen LogP contribution in [-0.4, -0.2) is 58.9 Å². The Labute approximate surface area is 102 Å². The molecule has 0 saturated carbocycles. The van der Waals surface area contributed by atoms with Gasteiger partial charge in [0, 0.05) is 31.2 Å². The number of rotatable bonds is 4. The monoisotopic (exact) mass is 246 g/mol. The summed E-state index contributed by atoms with van der Waals surface area (Å²) in [6, 6.07) is 0.0344. The Hall–Kier alpha value is -0.840. The first-order valence-electron chi connectivity index (χ1n) is 6.17. The second-order valence-corrected chi connectivity index (χ2v) is 5.61. The molecule has 0 spiro atoms. The molecule has 1 N–H and O–H groups in total. The van der Waals surface area contributed by atoms with E-state index < -0.39 is 6.09 Å². The Balaban J connectivity index is 2.58. The lowest BCUT2D eigenvalue weighted by Gasteiger charge is -2.38. The number of hydrogen-bond acceptors (Lipinski definition) is 2. The highest BCUT2D eigenvalue weighted by Gasteiger charge is 2.36. The van der Waals surface area contributed by atoms with Crippen LogP contribution < -0.4 is 0 Å². The molecule has 100 valence electrons. The van der Waals surface area contributed by atoms with Crippen molar-refractivity contribution in [2.24, 2.45) is 0 Å². The molecule has 1 saturated heterocycles. The third-order valence-electron chi connectivity index (χ3n) is 3.15. The van der Waals surface area contributed by atoms with Crippen molar-refractivity contribution >= 4 is 6.09 Å². The van der Waals surface area contributed by atoms with Gasteiger partial charge in [0.15, 0.2) is 0 Å². The van der Waals surface area contributed by atoms with Gasteiger partial charge in [-0.3, -0.25) is 9.29 Å². The summed E-state index contributed by atoms with van der Waals surface area (Å²) >= 11 is 0. The van der Waals surface area contributed by atoms with E-state index >= 15 is 0 Å². The van der Waals surface area contributed by atoms with Crippen molar-refractivity contribution < 1.29 is 14.3 Å². The molecular formula is C12H23FN2O2. The van der Waals surface area contributed by atoms with E-state index in [0.29, 0.717) is 6.42 Å². The molecule has 0 aromatic carbocycles. The zero-order chi connectivity index (χ0) is 13.1. The molecule has 1 aliphatic heterocycles. The van der Waals surface area contributed by atoms with Gasteiger partial charge >= 0.3 is 6.09 Å². The fraction of sp³-hybridized carbons (Fsp3) is 0.917. The van der Waals surface area contributed by atoms with Crippen LogP contribution in [0, 0.1) is 0 Å². The Morgan fingerprint density at radius 1 is 1.53 bits per heavy atom. The minimum absolute atomic E-state index is 0.0344. The molecule has 1 aliphatic rings. The van der Waals surface area contributed by atoms with Gasteiger partial charge in [0.1, 0.15) is 0 Å². The van der Waals surface area contributed by atoms with Crippen LogP contribution in [0.5, 0.6) is 0 Å². The summed E-state index contributed by atoms with van der Waals surface area (Å²) in [5, 5.41) is 9.28. The first kappa shape index (κ1) is 14.2. The second kappa shape index (κ2) is 5.67. The largest absolute Gasteiger partial charge is 0.465 e. The van der Waals surface area contributed by atoms with Gasteiger partial charge in [-0.2, -0.15) is 0 Å². The highest BCUT2D eigenvalue weighted by atomic mass is 19.1. The molecule has 0 aromatic rings. The first-order chi connectivity index (χ1) is 7.86. The van der Waals surface area contributed by atoms with Crippen LogP contribution in [-0.2, 0) is 0 Å². The van der Waals surface area contributed by atoms with Crippen molar-refractivity contribution in [1.82, 2.24) is 9.80 Å². The Kier molecular flexibility index (Phi) is 4.74. The van der Waals surface area contributed by atoms with Crippen molar-refractivity contribution in [3.63, 3.8) is 0 Å². The summed E-state index contributed by atoms with van der Waals surface area (Å²) in [4.78, 5) is 15.0. The number of carboxylic acid groups (broad SMARTS) is 1. The van der Waals surface area contributed by atoms with Gasteiger partial charge in [0.25, 0.3) is 0 Å². The smallest absolute Gasteiger partial charge is 0.408 e. The van der Waals surface area contributed by atoms with E-state index in [-0.39, 0.29) is 18.3 Å². The quantitative estimate of drug-likeness (QED) is 0.827. The van der Waals surface area contributed by atoms with Crippen molar-refractivity contribution in [3.05, 3.63) is 0 Å². The van der Waals surface area contributed by atoms with Gasteiger partial charge in [-0.1, -0.05) is 0 Å². The summed E-state index contributed by atoms with van der Waals surface area (Å²) in [6.45, 7) is 7.74. The van der Waals surface area contributed by atoms with Gasteiger partial charge < -0.3 is 10.0 Å². The Morgan fingerprint density at radius 2 is 2.18 bits per heavy atom. The number of likely N-dealkylation sites (tertiary alicyclic amines) is 1. The molecule has 1 fully saturated rings. The minimum atomic E-state index is -0.866. The summed E-state index contributed by atoms with van der Waals surface area (Å²) < 4.78 is 12.1. The second-order valence-electron chi connectivity index (χ2n) is 5.61. The van der Waals surface area contributed by atoms with Crippen LogP contribution in [0.15, 0.2) is 0 Å². The third-order valence-corrected chi connectivity index (χ3v) is 3.15. The molecule has 0 aromatic heterocycles. The Morgan fingerprint density at radius 3 is 2.65 bits per heavy atom. The molecule has 5 heteroatoms.